The molecule has 0 amide bonds. The lowest BCUT2D eigenvalue weighted by molar-refractivity contribution is -0.120. The molecule has 0 aliphatic heterocycles. The maximum Gasteiger partial charge on any atom is 0.276 e. The van der Waals surface area contributed by atoms with Gasteiger partial charge in [0.1, 0.15) is 5.78 Å². The molecule has 1 aromatic rings. The summed E-state index contributed by atoms with van der Waals surface area (Å²) in [5.41, 5.74) is 1.13. The van der Waals surface area contributed by atoms with Crippen molar-refractivity contribution < 1.29 is 13.6 Å². The molecule has 2 aliphatic carbocycles. The summed E-state index contributed by atoms with van der Waals surface area (Å²) in [5.74, 6) is -2.57. The molecule has 3 heteroatoms. The van der Waals surface area contributed by atoms with Crippen LogP contribution in [0.5, 0.6) is 0 Å². The highest BCUT2D eigenvalue weighted by Gasteiger charge is 2.48. The van der Waals surface area contributed by atoms with E-state index in [0.29, 0.717) is 31.5 Å². The minimum atomic E-state index is -2.68. The maximum atomic E-state index is 14.1. The van der Waals surface area contributed by atoms with Crippen LogP contribution in [0.15, 0.2) is 24.3 Å². The molecule has 1 nitrogen and oxygen atoms in total. The molecule has 19 heavy (non-hydrogen) atoms. The first-order valence-electron chi connectivity index (χ1n) is 7.07. The van der Waals surface area contributed by atoms with Gasteiger partial charge in [0.2, 0.25) is 0 Å². The highest BCUT2D eigenvalue weighted by atomic mass is 19.3. The number of carbonyl (C=O) groups excluding carboxylic acids is 1. The number of Topliss-reactive ketones (excluding diaryl/α,β-unsaturated/α-hetero) is 1. The third-order valence-electron chi connectivity index (χ3n) is 4.38. The minimum Gasteiger partial charge on any atom is -0.300 e. The average molecular weight is 264 g/mol. The molecular formula is C16H18F2O. The Labute approximate surface area is 112 Å². The maximum absolute atomic E-state index is 14.1. The average Bonchev–Trinajstić information content (AvgIpc) is 3.24. The quantitative estimate of drug-likeness (QED) is 0.790. The van der Waals surface area contributed by atoms with Crippen LogP contribution >= 0.6 is 0 Å². The van der Waals surface area contributed by atoms with Crippen molar-refractivity contribution in [2.45, 2.75) is 50.4 Å². The molecule has 0 atom stereocenters. The van der Waals surface area contributed by atoms with Gasteiger partial charge in [-0.3, -0.25) is 4.79 Å². The predicted molar refractivity (Wildman–Crippen MR) is 69.3 cm³/mol. The van der Waals surface area contributed by atoms with E-state index < -0.39 is 11.8 Å². The van der Waals surface area contributed by atoms with E-state index in [-0.39, 0.29) is 11.5 Å². The number of rotatable bonds is 3. The normalized spacial score (nSPS) is 21.7. The number of alkyl halides is 2. The Morgan fingerprint density at radius 3 is 2.37 bits per heavy atom. The zero-order chi connectivity index (χ0) is 13.5. The summed E-state index contributed by atoms with van der Waals surface area (Å²) in [6.07, 6.45) is 4.06. The Morgan fingerprint density at radius 2 is 1.74 bits per heavy atom. The van der Waals surface area contributed by atoms with E-state index in [2.05, 4.69) is 0 Å². The molecule has 0 radical (unpaired) electrons. The van der Waals surface area contributed by atoms with E-state index in [0.717, 1.165) is 18.4 Å². The topological polar surface area (TPSA) is 17.1 Å². The number of benzene rings is 1. The predicted octanol–water partition coefficient (Wildman–Crippen LogP) is 4.42. The monoisotopic (exact) mass is 264 g/mol. The summed E-state index contributed by atoms with van der Waals surface area (Å²) in [5, 5.41) is 0. The Bertz CT molecular complexity index is 481. The molecule has 3 rings (SSSR count). The molecule has 0 aromatic heterocycles. The van der Waals surface area contributed by atoms with Gasteiger partial charge in [-0.05, 0) is 43.2 Å². The molecule has 0 bridgehead atoms. The van der Waals surface area contributed by atoms with E-state index in [4.69, 9.17) is 0 Å². The Balaban J connectivity index is 1.81. The van der Waals surface area contributed by atoms with Crippen molar-refractivity contribution in [3.05, 3.63) is 35.4 Å². The van der Waals surface area contributed by atoms with E-state index >= 15 is 0 Å². The van der Waals surface area contributed by atoms with Crippen molar-refractivity contribution in [1.82, 2.24) is 0 Å². The summed E-state index contributed by atoms with van der Waals surface area (Å²) in [7, 11) is 0. The van der Waals surface area contributed by atoms with Crippen LogP contribution in [-0.2, 0) is 10.7 Å². The molecule has 0 unspecified atom stereocenters. The van der Waals surface area contributed by atoms with Gasteiger partial charge in [-0.15, -0.1) is 0 Å². The summed E-state index contributed by atoms with van der Waals surface area (Å²) < 4.78 is 28.2. The number of hydrogen-bond acceptors (Lipinski definition) is 1. The molecule has 0 spiro atoms. The smallest absolute Gasteiger partial charge is 0.276 e. The Morgan fingerprint density at radius 1 is 1.05 bits per heavy atom. The van der Waals surface area contributed by atoms with Gasteiger partial charge in [0.15, 0.2) is 0 Å². The standard InChI is InChI=1S/C16H18F2O/c17-16(18,13-6-7-13)14-3-1-2-12(10-14)11-4-8-15(19)9-5-11/h1-3,10-11,13H,4-9H2. The van der Waals surface area contributed by atoms with Crippen molar-refractivity contribution in [2.24, 2.45) is 5.92 Å². The first-order valence-corrected chi connectivity index (χ1v) is 7.07. The molecule has 2 aliphatic rings. The van der Waals surface area contributed by atoms with E-state index in [1.807, 2.05) is 6.07 Å². The zero-order valence-corrected chi connectivity index (χ0v) is 10.9. The largest absolute Gasteiger partial charge is 0.300 e. The van der Waals surface area contributed by atoms with E-state index in [1.54, 1.807) is 12.1 Å². The van der Waals surface area contributed by atoms with Gasteiger partial charge < -0.3 is 0 Å². The van der Waals surface area contributed by atoms with Gasteiger partial charge in [0.05, 0.1) is 0 Å². The van der Waals surface area contributed by atoms with Crippen LogP contribution in [0.4, 0.5) is 8.78 Å². The van der Waals surface area contributed by atoms with Crippen LogP contribution < -0.4 is 0 Å². The number of halogens is 2. The molecule has 1 aromatic carbocycles. The van der Waals surface area contributed by atoms with Crippen molar-refractivity contribution in [3.63, 3.8) is 0 Å². The lowest BCUT2D eigenvalue weighted by atomic mass is 9.82. The van der Waals surface area contributed by atoms with Crippen molar-refractivity contribution >= 4 is 5.78 Å². The Kier molecular flexibility index (Phi) is 3.15. The van der Waals surface area contributed by atoms with Gasteiger partial charge in [-0.25, -0.2) is 8.78 Å². The number of carbonyl (C=O) groups is 1. The number of ketones is 1. The molecule has 2 fully saturated rings. The minimum absolute atomic E-state index is 0.157. The summed E-state index contributed by atoms with van der Waals surface area (Å²) in [6.45, 7) is 0. The van der Waals surface area contributed by atoms with Gasteiger partial charge in [0, 0.05) is 24.3 Å². The highest BCUT2D eigenvalue weighted by molar-refractivity contribution is 5.79. The molecule has 0 N–H and O–H groups in total. The van der Waals surface area contributed by atoms with Gasteiger partial charge in [-0.2, -0.15) is 0 Å². The summed E-state index contributed by atoms with van der Waals surface area (Å²) in [4.78, 5) is 11.2. The third kappa shape index (κ3) is 2.56. The molecular weight excluding hydrogens is 246 g/mol. The third-order valence-corrected chi connectivity index (χ3v) is 4.38. The fourth-order valence-corrected chi connectivity index (χ4v) is 2.95. The Hall–Kier alpha value is -1.25. The van der Waals surface area contributed by atoms with Crippen molar-refractivity contribution in [3.8, 4) is 0 Å². The highest BCUT2D eigenvalue weighted by Crippen LogP contribution is 2.50. The van der Waals surface area contributed by atoms with Crippen LogP contribution in [0.3, 0.4) is 0 Å². The first kappa shape index (κ1) is 12.8. The van der Waals surface area contributed by atoms with Crippen LogP contribution in [0, 0.1) is 5.92 Å². The molecule has 102 valence electrons. The van der Waals surface area contributed by atoms with Gasteiger partial charge in [0.25, 0.3) is 5.92 Å². The van der Waals surface area contributed by atoms with E-state index in [1.165, 1.54) is 6.07 Å². The van der Waals surface area contributed by atoms with E-state index in [9.17, 15) is 13.6 Å². The lowest BCUT2D eigenvalue weighted by Gasteiger charge is -2.23. The first-order chi connectivity index (χ1) is 9.07. The molecule has 2 saturated carbocycles. The van der Waals surface area contributed by atoms with Crippen LogP contribution in [0.1, 0.15) is 55.6 Å². The van der Waals surface area contributed by atoms with Crippen LogP contribution in [0.25, 0.3) is 0 Å². The second-order valence-corrected chi connectivity index (χ2v) is 5.84. The summed E-state index contributed by atoms with van der Waals surface area (Å²) in [6, 6.07) is 6.86. The second-order valence-electron chi connectivity index (χ2n) is 5.84. The van der Waals surface area contributed by atoms with Gasteiger partial charge in [-0.1, -0.05) is 18.2 Å². The fourth-order valence-electron chi connectivity index (χ4n) is 2.95. The zero-order valence-electron chi connectivity index (χ0n) is 10.9. The fraction of sp³-hybridized carbons (Fsp3) is 0.562. The van der Waals surface area contributed by atoms with Crippen molar-refractivity contribution in [1.29, 1.82) is 0 Å². The molecule has 0 saturated heterocycles. The summed E-state index contributed by atoms with van der Waals surface area (Å²) >= 11 is 0. The SMILES string of the molecule is O=C1CCC(c2cccc(C(F)(F)C3CC3)c2)CC1. The van der Waals surface area contributed by atoms with Gasteiger partial charge >= 0.3 is 0 Å². The molecule has 0 heterocycles. The van der Waals surface area contributed by atoms with Crippen LogP contribution in [0.2, 0.25) is 0 Å². The second kappa shape index (κ2) is 4.69. The lowest BCUT2D eigenvalue weighted by Crippen LogP contribution is -2.17. The van der Waals surface area contributed by atoms with Crippen LogP contribution in [-0.4, -0.2) is 5.78 Å². The number of hydrogen-bond donors (Lipinski definition) is 0. The van der Waals surface area contributed by atoms with Crippen molar-refractivity contribution in [2.75, 3.05) is 0 Å².